The fourth-order valence-electron chi connectivity index (χ4n) is 3.62. The summed E-state index contributed by atoms with van der Waals surface area (Å²) in [6.07, 6.45) is 18.6. The topological polar surface area (TPSA) is 101 Å². The molecule has 0 saturated carbocycles. The molecule has 0 aliphatic rings. The van der Waals surface area contributed by atoms with Gasteiger partial charge in [0.05, 0.1) is 0 Å². The van der Waals surface area contributed by atoms with E-state index in [0.717, 1.165) is 19.3 Å². The van der Waals surface area contributed by atoms with E-state index >= 15 is 0 Å². The molecule has 0 aromatic carbocycles. The molecule has 0 radical (unpaired) electrons. The van der Waals surface area contributed by atoms with Crippen molar-refractivity contribution in [2.24, 2.45) is 0 Å². The van der Waals surface area contributed by atoms with Crippen LogP contribution in [0.15, 0.2) is 0 Å². The van der Waals surface area contributed by atoms with E-state index in [0.29, 0.717) is 6.42 Å². The number of amides is 1. The van der Waals surface area contributed by atoms with Gasteiger partial charge in [0.2, 0.25) is 5.91 Å². The summed E-state index contributed by atoms with van der Waals surface area (Å²) in [4.78, 5) is 34.7. The van der Waals surface area contributed by atoms with Gasteiger partial charge < -0.3 is 24.7 Å². The van der Waals surface area contributed by atoms with Crippen molar-refractivity contribution in [3.05, 3.63) is 0 Å². The van der Waals surface area contributed by atoms with E-state index < -0.39 is 11.9 Å². The second kappa shape index (κ2) is 27.7. The van der Waals surface area contributed by atoms with Crippen molar-refractivity contribution in [3.63, 3.8) is 0 Å². The maximum atomic E-state index is 12.2. The van der Waals surface area contributed by atoms with Gasteiger partial charge in [-0.15, -0.1) is 0 Å². The van der Waals surface area contributed by atoms with Gasteiger partial charge in [-0.3, -0.25) is 4.79 Å². The number of carbonyl (C=O) groups is 3. The van der Waals surface area contributed by atoms with Gasteiger partial charge >= 0.3 is 59.1 Å². The van der Waals surface area contributed by atoms with Gasteiger partial charge in [0.1, 0.15) is 0 Å². The third kappa shape index (κ3) is 26.7. The molecule has 0 spiro atoms. The number of nitrogens with zero attached hydrogens (tertiary/aromatic N) is 1. The minimum atomic E-state index is -1.24. The van der Waals surface area contributed by atoms with E-state index in [1.54, 1.807) is 0 Å². The SMILES string of the molecule is CCCCCCCCCCCCCCCCCC(=O)N(CCC(=O)[O-])CCC(=O)[O-].[Na+].[Na+]. The molecule has 0 aromatic heterocycles. The van der Waals surface area contributed by atoms with Crippen molar-refractivity contribution in [2.75, 3.05) is 13.1 Å². The quantitative estimate of drug-likeness (QED) is 0.127. The Morgan fingerprint density at radius 2 is 0.844 bits per heavy atom. The fourth-order valence-corrected chi connectivity index (χ4v) is 3.62. The summed E-state index contributed by atoms with van der Waals surface area (Å²) < 4.78 is 0. The molecule has 0 bridgehead atoms. The average Bonchev–Trinajstić information content (AvgIpc) is 2.70. The maximum absolute atomic E-state index is 12.2. The minimum Gasteiger partial charge on any atom is -0.550 e. The van der Waals surface area contributed by atoms with Crippen molar-refractivity contribution in [3.8, 4) is 0 Å². The smallest absolute Gasteiger partial charge is 0.550 e. The summed E-state index contributed by atoms with van der Waals surface area (Å²) in [7, 11) is 0. The van der Waals surface area contributed by atoms with Crippen molar-refractivity contribution in [2.45, 2.75) is 122 Å². The monoisotopic (exact) mass is 471 g/mol. The third-order valence-electron chi connectivity index (χ3n) is 5.52. The van der Waals surface area contributed by atoms with Crippen LogP contribution >= 0.6 is 0 Å². The molecule has 0 rings (SSSR count). The van der Waals surface area contributed by atoms with Crippen LogP contribution in [0.25, 0.3) is 0 Å². The summed E-state index contributed by atoms with van der Waals surface area (Å²) in [5, 5.41) is 21.2. The summed E-state index contributed by atoms with van der Waals surface area (Å²) >= 11 is 0. The van der Waals surface area contributed by atoms with Crippen LogP contribution in [0, 0.1) is 0 Å². The number of hydrogen-bond donors (Lipinski definition) is 0. The Morgan fingerprint density at radius 1 is 0.531 bits per heavy atom. The molecular formula is C24H43NNa2O5. The van der Waals surface area contributed by atoms with Crippen LogP contribution in [0.4, 0.5) is 0 Å². The van der Waals surface area contributed by atoms with Gasteiger partial charge in [0, 0.05) is 44.3 Å². The average molecular weight is 472 g/mol. The molecule has 8 heteroatoms. The molecule has 0 saturated heterocycles. The van der Waals surface area contributed by atoms with E-state index in [1.165, 1.54) is 81.9 Å². The summed E-state index contributed by atoms with van der Waals surface area (Å²) in [5.41, 5.74) is 0. The normalized spacial score (nSPS) is 10.2. The Hall–Kier alpha value is 0.410. The van der Waals surface area contributed by atoms with E-state index in [1.807, 2.05) is 0 Å². The molecule has 0 atom stereocenters. The maximum Gasteiger partial charge on any atom is 1.00 e. The molecule has 0 aromatic rings. The minimum absolute atomic E-state index is 0. The summed E-state index contributed by atoms with van der Waals surface area (Å²) in [6.45, 7) is 2.24. The third-order valence-corrected chi connectivity index (χ3v) is 5.52. The fraction of sp³-hybridized carbons (Fsp3) is 0.875. The Kier molecular flexibility index (Phi) is 31.9. The van der Waals surface area contributed by atoms with Crippen molar-refractivity contribution in [1.29, 1.82) is 0 Å². The number of aliphatic carboxylic acids is 2. The zero-order valence-corrected chi connectivity index (χ0v) is 25.1. The molecule has 0 aliphatic heterocycles. The van der Waals surface area contributed by atoms with Crippen LogP contribution in [-0.4, -0.2) is 35.8 Å². The zero-order valence-electron chi connectivity index (χ0n) is 21.1. The van der Waals surface area contributed by atoms with Crippen LogP contribution in [-0.2, 0) is 14.4 Å². The first-order chi connectivity index (χ1) is 14.5. The first-order valence-electron chi connectivity index (χ1n) is 12.1. The number of hydrogen-bond acceptors (Lipinski definition) is 5. The zero-order chi connectivity index (χ0) is 22.5. The molecule has 0 N–H and O–H groups in total. The van der Waals surface area contributed by atoms with Crippen molar-refractivity contribution in [1.82, 2.24) is 4.90 Å². The van der Waals surface area contributed by atoms with Crippen LogP contribution < -0.4 is 69.3 Å². The molecule has 176 valence electrons. The van der Waals surface area contributed by atoms with E-state index in [2.05, 4.69) is 6.92 Å². The second-order valence-corrected chi connectivity index (χ2v) is 8.32. The predicted molar refractivity (Wildman–Crippen MR) is 115 cm³/mol. The molecule has 1 amide bonds. The van der Waals surface area contributed by atoms with Crippen LogP contribution in [0.5, 0.6) is 0 Å². The van der Waals surface area contributed by atoms with Gasteiger partial charge in [-0.25, -0.2) is 0 Å². The van der Waals surface area contributed by atoms with E-state index in [9.17, 15) is 24.6 Å². The first-order valence-corrected chi connectivity index (χ1v) is 12.1. The van der Waals surface area contributed by atoms with E-state index in [-0.39, 0.29) is 91.0 Å². The molecule has 0 fully saturated rings. The standard InChI is InChI=1S/C24H45NO5.2Na/c1-2-3-4-5-6-7-8-9-10-11-12-13-14-15-16-17-22(26)25(20-18-23(27)28)21-19-24(29)30;;/h2-21H2,1H3,(H,27,28)(H,29,30);;/q;2*+1/p-2. The van der Waals surface area contributed by atoms with Crippen LogP contribution in [0.2, 0.25) is 0 Å². The number of unbranched alkanes of at least 4 members (excludes halogenated alkanes) is 14. The van der Waals surface area contributed by atoms with Gasteiger partial charge in [0.15, 0.2) is 0 Å². The first kappa shape index (κ1) is 37.0. The van der Waals surface area contributed by atoms with Crippen molar-refractivity contribution < 1.29 is 83.7 Å². The molecule has 0 aliphatic carbocycles. The Balaban J connectivity index is -0.00000420. The molecule has 32 heavy (non-hydrogen) atoms. The van der Waals surface area contributed by atoms with Crippen LogP contribution in [0.1, 0.15) is 122 Å². The molecule has 0 heterocycles. The van der Waals surface area contributed by atoms with Gasteiger partial charge in [-0.1, -0.05) is 96.8 Å². The molecule has 6 nitrogen and oxygen atoms in total. The number of rotatable bonds is 22. The van der Waals surface area contributed by atoms with Gasteiger partial charge in [0.25, 0.3) is 0 Å². The Bertz CT molecular complexity index is 446. The van der Waals surface area contributed by atoms with E-state index in [4.69, 9.17) is 0 Å². The van der Waals surface area contributed by atoms with Crippen molar-refractivity contribution >= 4 is 17.8 Å². The molecule has 0 unspecified atom stereocenters. The summed E-state index contributed by atoms with van der Waals surface area (Å²) in [5.74, 6) is -2.67. The van der Waals surface area contributed by atoms with Gasteiger partial charge in [-0.2, -0.15) is 0 Å². The second-order valence-electron chi connectivity index (χ2n) is 8.32. The number of carboxylic acid groups (broad SMARTS) is 2. The Labute approximate surface area is 240 Å². The summed E-state index contributed by atoms with van der Waals surface area (Å²) in [6, 6.07) is 0. The van der Waals surface area contributed by atoms with Crippen LogP contribution in [0.3, 0.4) is 0 Å². The predicted octanol–water partition coefficient (Wildman–Crippen LogP) is -2.64. The van der Waals surface area contributed by atoms with Gasteiger partial charge in [-0.05, 0) is 6.42 Å². The molecular weight excluding hydrogens is 428 g/mol. The largest absolute Gasteiger partial charge is 1.00 e. The number of carbonyl (C=O) groups excluding carboxylic acids is 3. The number of carboxylic acids is 2. The Morgan fingerprint density at radius 3 is 1.16 bits per heavy atom.